The van der Waals surface area contributed by atoms with Crippen molar-refractivity contribution in [1.82, 2.24) is 24.8 Å². The van der Waals surface area contributed by atoms with E-state index in [1.54, 1.807) is 23.2 Å². The van der Waals surface area contributed by atoms with Gasteiger partial charge in [-0.2, -0.15) is 0 Å². The number of halogens is 2. The van der Waals surface area contributed by atoms with Gasteiger partial charge in [0.2, 0.25) is 6.43 Å². The molecule has 3 rings (SSSR count). The summed E-state index contributed by atoms with van der Waals surface area (Å²) < 4.78 is 27.4. The molecular weight excluding hydrogens is 352 g/mol. The molecule has 1 aliphatic carbocycles. The van der Waals surface area contributed by atoms with Crippen molar-refractivity contribution >= 4 is 5.91 Å². The molecule has 0 atom stereocenters. The summed E-state index contributed by atoms with van der Waals surface area (Å²) in [7, 11) is 1.84. The molecule has 8 heteroatoms. The van der Waals surface area contributed by atoms with E-state index < -0.39 is 12.3 Å². The van der Waals surface area contributed by atoms with Crippen molar-refractivity contribution in [2.45, 2.75) is 57.9 Å². The smallest absolute Gasteiger partial charge is 0.270 e. The van der Waals surface area contributed by atoms with Crippen LogP contribution in [0.15, 0.2) is 18.6 Å². The van der Waals surface area contributed by atoms with Crippen LogP contribution in [0.3, 0.4) is 0 Å². The van der Waals surface area contributed by atoms with Crippen LogP contribution in [-0.4, -0.2) is 37.9 Å². The molecule has 2 aromatic heterocycles. The maximum Gasteiger partial charge on any atom is 0.270 e. The van der Waals surface area contributed by atoms with Gasteiger partial charge in [-0.1, -0.05) is 13.8 Å². The minimum absolute atomic E-state index is 0.0925. The first kappa shape index (κ1) is 19.4. The Morgan fingerprint density at radius 1 is 1.22 bits per heavy atom. The highest BCUT2D eigenvalue weighted by molar-refractivity contribution is 5.93. The van der Waals surface area contributed by atoms with Crippen LogP contribution in [0.25, 0.3) is 11.5 Å². The van der Waals surface area contributed by atoms with Crippen LogP contribution < -0.4 is 5.32 Å². The van der Waals surface area contributed by atoms with Gasteiger partial charge in [0.05, 0.1) is 12.5 Å². The summed E-state index contributed by atoms with van der Waals surface area (Å²) in [6.07, 6.45) is 3.04. The average Bonchev–Trinajstić information content (AvgIpc) is 3.07. The fraction of sp³-hybridized carbons (Fsp3) is 0.579. The number of alkyl halides is 2. The number of hydrogen-bond acceptors (Lipinski definition) is 4. The lowest BCUT2D eigenvalue weighted by atomic mass is 9.86. The van der Waals surface area contributed by atoms with Crippen molar-refractivity contribution in [3.63, 3.8) is 0 Å². The summed E-state index contributed by atoms with van der Waals surface area (Å²) >= 11 is 0. The molecule has 2 aromatic rings. The zero-order valence-electron chi connectivity index (χ0n) is 15.8. The molecule has 1 aliphatic rings. The molecule has 6 nitrogen and oxygen atoms in total. The lowest BCUT2D eigenvalue weighted by Gasteiger charge is -2.28. The van der Waals surface area contributed by atoms with Crippen LogP contribution in [0.5, 0.6) is 0 Å². The predicted octanol–water partition coefficient (Wildman–Crippen LogP) is 3.55. The second-order valence-electron chi connectivity index (χ2n) is 7.47. The minimum atomic E-state index is -2.28. The highest BCUT2D eigenvalue weighted by atomic mass is 19.3. The van der Waals surface area contributed by atoms with Crippen molar-refractivity contribution in [1.29, 1.82) is 0 Å². The van der Waals surface area contributed by atoms with E-state index in [1.165, 1.54) is 0 Å². The first-order valence-electron chi connectivity index (χ1n) is 9.29. The standard InChI is InChI=1S/C19H25F2N5O/c1-11(2)14-8-15(25-18(24-14)16-9-22-10-26(16)3)19(27)23-13-6-4-12(5-7-13)17(20)21/h8-13,17H,4-7H2,1-3H3,(H,23,27)/t12-,13-. The van der Waals surface area contributed by atoms with Gasteiger partial charge >= 0.3 is 0 Å². The first-order chi connectivity index (χ1) is 12.8. The molecule has 1 amide bonds. The third kappa shape index (κ3) is 4.48. The number of hydrogen-bond donors (Lipinski definition) is 1. The third-order valence-corrected chi connectivity index (χ3v) is 5.08. The van der Waals surface area contributed by atoms with Crippen LogP contribution in [0, 0.1) is 5.92 Å². The maximum atomic E-state index is 12.8. The van der Waals surface area contributed by atoms with Crippen LogP contribution in [0.1, 0.15) is 61.6 Å². The molecule has 27 heavy (non-hydrogen) atoms. The van der Waals surface area contributed by atoms with Crippen LogP contribution >= 0.6 is 0 Å². The van der Waals surface area contributed by atoms with Gasteiger partial charge in [0.15, 0.2) is 5.82 Å². The number of nitrogens with zero attached hydrogens (tertiary/aromatic N) is 4. The Bertz CT molecular complexity index is 797. The van der Waals surface area contributed by atoms with Crippen LogP contribution in [-0.2, 0) is 7.05 Å². The van der Waals surface area contributed by atoms with E-state index in [-0.39, 0.29) is 17.9 Å². The third-order valence-electron chi connectivity index (χ3n) is 5.08. The molecule has 0 saturated heterocycles. The summed E-state index contributed by atoms with van der Waals surface area (Å²) in [6.45, 7) is 4.01. The molecule has 0 radical (unpaired) electrons. The van der Waals surface area contributed by atoms with Crippen molar-refractivity contribution < 1.29 is 13.6 Å². The van der Waals surface area contributed by atoms with Gasteiger partial charge in [-0.15, -0.1) is 0 Å². The van der Waals surface area contributed by atoms with E-state index in [9.17, 15) is 13.6 Å². The number of aryl methyl sites for hydroxylation is 1. The van der Waals surface area contributed by atoms with E-state index in [4.69, 9.17) is 0 Å². The van der Waals surface area contributed by atoms with Crippen LogP contribution in [0.2, 0.25) is 0 Å². The number of carbonyl (C=O) groups is 1. The van der Waals surface area contributed by atoms with Crippen molar-refractivity contribution in [2.24, 2.45) is 13.0 Å². The molecule has 0 unspecified atom stereocenters. The van der Waals surface area contributed by atoms with Gasteiger partial charge in [-0.05, 0) is 37.7 Å². The Labute approximate surface area is 157 Å². The predicted molar refractivity (Wildman–Crippen MR) is 97.5 cm³/mol. The zero-order valence-corrected chi connectivity index (χ0v) is 15.8. The number of nitrogens with one attached hydrogen (secondary N) is 1. The summed E-state index contributed by atoms with van der Waals surface area (Å²) in [5.74, 6) is -0.259. The zero-order chi connectivity index (χ0) is 19.6. The van der Waals surface area contributed by atoms with Crippen molar-refractivity contribution in [2.75, 3.05) is 0 Å². The number of carbonyl (C=O) groups excluding carboxylic acids is 1. The monoisotopic (exact) mass is 377 g/mol. The molecule has 2 heterocycles. The average molecular weight is 377 g/mol. The number of imidazole rings is 1. The fourth-order valence-electron chi connectivity index (χ4n) is 3.34. The SMILES string of the molecule is CC(C)c1cc(C(=O)N[C@H]2CC[C@H](C(F)F)CC2)nc(-c2cncn2C)n1. The Morgan fingerprint density at radius 2 is 1.93 bits per heavy atom. The summed E-state index contributed by atoms with van der Waals surface area (Å²) in [6, 6.07) is 1.61. The van der Waals surface area contributed by atoms with Gasteiger partial charge < -0.3 is 9.88 Å². The van der Waals surface area contributed by atoms with Crippen molar-refractivity contribution in [3.8, 4) is 11.5 Å². The highest BCUT2D eigenvalue weighted by Crippen LogP contribution is 2.29. The fourth-order valence-corrected chi connectivity index (χ4v) is 3.34. The summed E-state index contributed by atoms with van der Waals surface area (Å²) in [4.78, 5) is 25.8. The lowest BCUT2D eigenvalue weighted by molar-refractivity contribution is 0.0499. The Kier molecular flexibility index (Phi) is 5.82. The summed E-state index contributed by atoms with van der Waals surface area (Å²) in [5.41, 5.74) is 1.79. The van der Waals surface area contributed by atoms with Gasteiger partial charge in [0, 0.05) is 24.7 Å². The quantitative estimate of drug-likeness (QED) is 0.865. The maximum absolute atomic E-state index is 12.8. The molecule has 1 fully saturated rings. The molecule has 0 aliphatic heterocycles. The highest BCUT2D eigenvalue weighted by Gasteiger charge is 2.28. The molecule has 146 valence electrons. The van der Waals surface area contributed by atoms with Crippen molar-refractivity contribution in [3.05, 3.63) is 30.0 Å². The van der Waals surface area contributed by atoms with Gasteiger partial charge in [0.1, 0.15) is 11.4 Å². The molecule has 0 aromatic carbocycles. The molecule has 0 spiro atoms. The van der Waals surface area contributed by atoms with E-state index in [1.807, 2.05) is 20.9 Å². The number of rotatable bonds is 5. The molecule has 1 N–H and O–H groups in total. The van der Waals surface area contributed by atoms with Gasteiger partial charge in [-0.25, -0.2) is 23.7 Å². The van der Waals surface area contributed by atoms with Gasteiger partial charge in [-0.3, -0.25) is 4.79 Å². The van der Waals surface area contributed by atoms with Gasteiger partial charge in [0.25, 0.3) is 5.91 Å². The lowest BCUT2D eigenvalue weighted by Crippen LogP contribution is -2.39. The molecule has 1 saturated carbocycles. The Morgan fingerprint density at radius 3 is 2.48 bits per heavy atom. The molecule has 0 bridgehead atoms. The van der Waals surface area contributed by atoms with E-state index in [0.29, 0.717) is 37.2 Å². The Hall–Kier alpha value is -2.38. The van der Waals surface area contributed by atoms with Crippen LogP contribution in [0.4, 0.5) is 8.78 Å². The van der Waals surface area contributed by atoms with E-state index in [0.717, 1.165) is 11.4 Å². The number of aromatic nitrogens is 4. The van der Waals surface area contributed by atoms with E-state index in [2.05, 4.69) is 20.3 Å². The first-order valence-corrected chi connectivity index (χ1v) is 9.29. The molecular formula is C19H25F2N5O. The normalized spacial score (nSPS) is 20.3. The topological polar surface area (TPSA) is 72.7 Å². The van der Waals surface area contributed by atoms with E-state index >= 15 is 0 Å². The second-order valence-corrected chi connectivity index (χ2v) is 7.47. The largest absolute Gasteiger partial charge is 0.348 e. The number of amides is 1. The Balaban J connectivity index is 1.78. The second kappa shape index (κ2) is 8.10. The summed E-state index contributed by atoms with van der Waals surface area (Å²) in [5, 5.41) is 2.95. The minimum Gasteiger partial charge on any atom is -0.348 e.